The van der Waals surface area contributed by atoms with Gasteiger partial charge in [0, 0.05) is 6.54 Å². The van der Waals surface area contributed by atoms with Crippen LogP contribution in [0.3, 0.4) is 0 Å². The molecule has 0 aliphatic heterocycles. The van der Waals surface area contributed by atoms with E-state index in [9.17, 15) is 8.42 Å². The second-order valence-corrected chi connectivity index (χ2v) is 5.58. The molecule has 5 heteroatoms. The zero-order valence-electron chi connectivity index (χ0n) is 7.67. The van der Waals surface area contributed by atoms with Gasteiger partial charge in [-0.2, -0.15) is 11.8 Å². The summed E-state index contributed by atoms with van der Waals surface area (Å²) in [5, 5.41) is 0. The van der Waals surface area contributed by atoms with Gasteiger partial charge in [0.25, 0.3) is 0 Å². The zero-order chi connectivity index (χ0) is 9.45. The van der Waals surface area contributed by atoms with Gasteiger partial charge in [-0.15, -0.1) is 0 Å². The molecule has 0 radical (unpaired) electrons. The SMILES string of the molecule is CCS(=O)(=O)NCCCCSC. The summed E-state index contributed by atoms with van der Waals surface area (Å²) in [5.41, 5.74) is 0. The lowest BCUT2D eigenvalue weighted by atomic mass is 10.3. The number of thioether (sulfide) groups is 1. The maximum Gasteiger partial charge on any atom is 0.211 e. The van der Waals surface area contributed by atoms with Crippen molar-refractivity contribution in [2.75, 3.05) is 24.3 Å². The van der Waals surface area contributed by atoms with Crippen LogP contribution in [0, 0.1) is 0 Å². The predicted octanol–water partition coefficient (Wildman–Crippen LogP) is 1.07. The summed E-state index contributed by atoms with van der Waals surface area (Å²) < 4.78 is 24.4. The minimum atomic E-state index is -2.96. The van der Waals surface area contributed by atoms with Gasteiger partial charge in [-0.3, -0.25) is 0 Å². The summed E-state index contributed by atoms with van der Waals surface area (Å²) in [4.78, 5) is 0. The van der Waals surface area contributed by atoms with Crippen LogP contribution in [0.5, 0.6) is 0 Å². The van der Waals surface area contributed by atoms with Crippen molar-refractivity contribution in [1.29, 1.82) is 0 Å². The number of nitrogens with one attached hydrogen (secondary N) is 1. The fourth-order valence-electron chi connectivity index (χ4n) is 0.701. The molecule has 1 N–H and O–H groups in total. The highest BCUT2D eigenvalue weighted by molar-refractivity contribution is 7.98. The molecule has 0 bridgehead atoms. The molecule has 0 aromatic carbocycles. The largest absolute Gasteiger partial charge is 0.215 e. The van der Waals surface area contributed by atoms with Crippen molar-refractivity contribution in [2.24, 2.45) is 0 Å². The first-order chi connectivity index (χ1) is 5.62. The minimum Gasteiger partial charge on any atom is -0.215 e. The van der Waals surface area contributed by atoms with Crippen LogP contribution in [0.15, 0.2) is 0 Å². The minimum absolute atomic E-state index is 0.176. The first-order valence-electron chi connectivity index (χ1n) is 4.08. The third-order valence-electron chi connectivity index (χ3n) is 1.48. The Labute approximate surface area is 79.4 Å². The average Bonchev–Trinajstić information content (AvgIpc) is 2.04. The summed E-state index contributed by atoms with van der Waals surface area (Å²) in [5.74, 6) is 1.28. The molecule has 12 heavy (non-hydrogen) atoms. The van der Waals surface area contributed by atoms with Crippen molar-refractivity contribution in [3.05, 3.63) is 0 Å². The van der Waals surface area contributed by atoms with Gasteiger partial charge >= 0.3 is 0 Å². The van der Waals surface area contributed by atoms with Gasteiger partial charge in [0.2, 0.25) is 10.0 Å². The smallest absolute Gasteiger partial charge is 0.211 e. The fourth-order valence-corrected chi connectivity index (χ4v) is 1.85. The summed E-state index contributed by atoms with van der Waals surface area (Å²) in [6.45, 7) is 2.22. The summed E-state index contributed by atoms with van der Waals surface area (Å²) in [6.07, 6.45) is 4.06. The van der Waals surface area contributed by atoms with Crippen molar-refractivity contribution in [1.82, 2.24) is 4.72 Å². The van der Waals surface area contributed by atoms with Crippen molar-refractivity contribution in [2.45, 2.75) is 19.8 Å². The average molecular weight is 211 g/mol. The standard InChI is InChI=1S/C7H17NO2S2/c1-3-12(9,10)8-6-4-5-7-11-2/h8H,3-7H2,1-2H3. The summed E-state index contributed by atoms with van der Waals surface area (Å²) in [6, 6.07) is 0. The Kier molecular flexibility index (Phi) is 6.89. The molecule has 0 spiro atoms. The van der Waals surface area contributed by atoms with Crippen LogP contribution in [0.2, 0.25) is 0 Å². The second-order valence-electron chi connectivity index (χ2n) is 2.50. The van der Waals surface area contributed by atoms with Crippen LogP contribution in [0.4, 0.5) is 0 Å². The third kappa shape index (κ3) is 6.94. The van der Waals surface area contributed by atoms with E-state index in [1.165, 1.54) is 0 Å². The van der Waals surface area contributed by atoms with Crippen LogP contribution in [0.1, 0.15) is 19.8 Å². The molecule has 74 valence electrons. The van der Waals surface area contributed by atoms with E-state index in [0.29, 0.717) is 6.54 Å². The van der Waals surface area contributed by atoms with E-state index in [-0.39, 0.29) is 5.75 Å². The Bertz CT molecular complexity index is 190. The fraction of sp³-hybridized carbons (Fsp3) is 1.00. The molecule has 0 aliphatic rings. The molecule has 0 saturated carbocycles. The van der Waals surface area contributed by atoms with Crippen LogP contribution < -0.4 is 4.72 Å². The molecular formula is C7H17NO2S2. The van der Waals surface area contributed by atoms with Gasteiger partial charge in [-0.05, 0) is 31.8 Å². The van der Waals surface area contributed by atoms with Crippen LogP contribution in [-0.2, 0) is 10.0 Å². The molecule has 0 aromatic rings. The Hall–Kier alpha value is 0.260. The topological polar surface area (TPSA) is 46.2 Å². The molecule has 0 unspecified atom stereocenters. The predicted molar refractivity (Wildman–Crippen MR) is 55.1 cm³/mol. The van der Waals surface area contributed by atoms with Crippen molar-refractivity contribution in [3.8, 4) is 0 Å². The van der Waals surface area contributed by atoms with Gasteiger partial charge in [0.05, 0.1) is 5.75 Å². The van der Waals surface area contributed by atoms with Crippen molar-refractivity contribution >= 4 is 21.8 Å². The molecule has 0 aliphatic carbocycles. The molecule has 0 fully saturated rings. The van der Waals surface area contributed by atoms with E-state index < -0.39 is 10.0 Å². The first-order valence-corrected chi connectivity index (χ1v) is 7.13. The molecule has 0 heterocycles. The lowest BCUT2D eigenvalue weighted by Crippen LogP contribution is -2.26. The zero-order valence-corrected chi connectivity index (χ0v) is 9.30. The van der Waals surface area contributed by atoms with E-state index in [1.54, 1.807) is 18.7 Å². The second kappa shape index (κ2) is 6.74. The number of hydrogen-bond acceptors (Lipinski definition) is 3. The van der Waals surface area contributed by atoms with E-state index >= 15 is 0 Å². The van der Waals surface area contributed by atoms with Gasteiger partial charge in [-0.1, -0.05) is 0 Å². The maximum absolute atomic E-state index is 10.9. The number of sulfonamides is 1. The Morgan fingerprint density at radius 1 is 1.33 bits per heavy atom. The van der Waals surface area contributed by atoms with E-state index in [2.05, 4.69) is 11.0 Å². The molecule has 0 atom stereocenters. The van der Waals surface area contributed by atoms with Gasteiger partial charge in [0.15, 0.2) is 0 Å². The third-order valence-corrected chi connectivity index (χ3v) is 3.58. The Morgan fingerprint density at radius 2 is 2.00 bits per heavy atom. The molecule has 0 aromatic heterocycles. The number of hydrogen-bond donors (Lipinski definition) is 1. The van der Waals surface area contributed by atoms with E-state index in [0.717, 1.165) is 18.6 Å². The Morgan fingerprint density at radius 3 is 2.50 bits per heavy atom. The Balaban J connectivity index is 3.32. The monoisotopic (exact) mass is 211 g/mol. The summed E-state index contributed by atoms with van der Waals surface area (Å²) >= 11 is 1.79. The van der Waals surface area contributed by atoms with Gasteiger partial charge < -0.3 is 0 Å². The lowest BCUT2D eigenvalue weighted by molar-refractivity contribution is 0.580. The highest BCUT2D eigenvalue weighted by Crippen LogP contribution is 1.98. The normalized spacial score (nSPS) is 11.8. The van der Waals surface area contributed by atoms with Gasteiger partial charge in [-0.25, -0.2) is 13.1 Å². The molecule has 0 amide bonds. The van der Waals surface area contributed by atoms with E-state index in [1.807, 2.05) is 0 Å². The quantitative estimate of drug-likeness (QED) is 0.641. The molecule has 0 saturated heterocycles. The van der Waals surface area contributed by atoms with Crippen molar-refractivity contribution < 1.29 is 8.42 Å². The molecular weight excluding hydrogens is 194 g/mol. The van der Waals surface area contributed by atoms with Crippen LogP contribution in [-0.4, -0.2) is 32.7 Å². The number of unbranched alkanes of at least 4 members (excludes halogenated alkanes) is 1. The highest BCUT2D eigenvalue weighted by atomic mass is 32.2. The van der Waals surface area contributed by atoms with Gasteiger partial charge in [0.1, 0.15) is 0 Å². The summed E-state index contributed by atoms with van der Waals surface area (Å²) in [7, 11) is -2.96. The van der Waals surface area contributed by atoms with Crippen molar-refractivity contribution in [3.63, 3.8) is 0 Å². The molecule has 3 nitrogen and oxygen atoms in total. The molecule has 0 rings (SSSR count). The lowest BCUT2D eigenvalue weighted by Gasteiger charge is -2.02. The van der Waals surface area contributed by atoms with E-state index in [4.69, 9.17) is 0 Å². The first kappa shape index (κ1) is 12.3. The highest BCUT2D eigenvalue weighted by Gasteiger charge is 2.03. The number of rotatable bonds is 7. The van der Waals surface area contributed by atoms with Crippen LogP contribution in [0.25, 0.3) is 0 Å². The van der Waals surface area contributed by atoms with Crippen LogP contribution >= 0.6 is 11.8 Å². The maximum atomic E-state index is 10.9.